The first kappa shape index (κ1) is 15.0. The van der Waals surface area contributed by atoms with Crippen LogP contribution in [-0.4, -0.2) is 32.9 Å². The number of carboxylic acid groups (broad SMARTS) is 1. The van der Waals surface area contributed by atoms with E-state index in [4.69, 9.17) is 5.11 Å². The molecule has 0 fully saturated rings. The van der Waals surface area contributed by atoms with Crippen LogP contribution in [0.15, 0.2) is 6.20 Å². The van der Waals surface area contributed by atoms with Crippen LogP contribution in [0.2, 0.25) is 0 Å². The van der Waals surface area contributed by atoms with E-state index >= 15 is 0 Å². The van der Waals surface area contributed by atoms with Crippen molar-refractivity contribution in [3.8, 4) is 0 Å². The van der Waals surface area contributed by atoms with Crippen molar-refractivity contribution in [1.82, 2.24) is 15.1 Å². The fourth-order valence-electron chi connectivity index (χ4n) is 1.60. The third-order valence-corrected chi connectivity index (χ3v) is 2.99. The number of carbonyl (C=O) groups excluding carboxylic acids is 1. The number of hydrogen-bond donors (Lipinski definition) is 3. The molecule has 19 heavy (non-hydrogen) atoms. The van der Waals surface area contributed by atoms with Gasteiger partial charge in [0.1, 0.15) is 0 Å². The highest BCUT2D eigenvalue weighted by Gasteiger charge is 2.21. The summed E-state index contributed by atoms with van der Waals surface area (Å²) >= 11 is 0. The molecule has 0 aliphatic rings. The topological polar surface area (TPSA) is 96.3 Å². The molecule has 1 aromatic heterocycles. The van der Waals surface area contributed by atoms with Crippen LogP contribution < -0.4 is 10.6 Å². The number of nitrogens with zero attached hydrogens (tertiary/aromatic N) is 2. The summed E-state index contributed by atoms with van der Waals surface area (Å²) in [6.07, 6.45) is 2.42. The molecule has 0 aromatic carbocycles. The number of carbonyl (C=O) groups is 2. The van der Waals surface area contributed by atoms with Crippen LogP contribution >= 0.6 is 0 Å². The van der Waals surface area contributed by atoms with Crippen molar-refractivity contribution < 1.29 is 14.7 Å². The Morgan fingerprint density at radius 3 is 2.63 bits per heavy atom. The molecule has 0 radical (unpaired) electrons. The second kappa shape index (κ2) is 6.21. The predicted molar refractivity (Wildman–Crippen MR) is 71.0 cm³/mol. The van der Waals surface area contributed by atoms with E-state index in [1.54, 1.807) is 31.8 Å². The summed E-state index contributed by atoms with van der Waals surface area (Å²) in [5.74, 6) is -1.59. The largest absolute Gasteiger partial charge is 0.481 e. The van der Waals surface area contributed by atoms with E-state index in [0.717, 1.165) is 5.69 Å². The fourth-order valence-corrected chi connectivity index (χ4v) is 1.60. The number of anilines is 1. The van der Waals surface area contributed by atoms with Gasteiger partial charge in [-0.05, 0) is 20.3 Å². The molecule has 1 rings (SSSR count). The van der Waals surface area contributed by atoms with Crippen molar-refractivity contribution >= 4 is 17.7 Å². The Morgan fingerprint density at radius 1 is 1.47 bits per heavy atom. The molecule has 7 heteroatoms. The number of aromatic nitrogens is 2. The van der Waals surface area contributed by atoms with Crippen LogP contribution in [0.1, 0.15) is 26.5 Å². The van der Waals surface area contributed by atoms with Crippen molar-refractivity contribution in [2.75, 3.05) is 5.32 Å². The molecule has 0 bridgehead atoms. The minimum atomic E-state index is -0.941. The van der Waals surface area contributed by atoms with Crippen LogP contribution in [-0.2, 0) is 18.3 Å². The van der Waals surface area contributed by atoms with Gasteiger partial charge in [-0.2, -0.15) is 5.10 Å². The quantitative estimate of drug-likeness (QED) is 0.748. The lowest BCUT2D eigenvalue weighted by Gasteiger charge is -2.17. The zero-order chi connectivity index (χ0) is 14.6. The SMILES string of the molecule is CCc1nn(C)cc1NC(=O)NC(C)C(C)C(=O)O. The average Bonchev–Trinajstić information content (AvgIpc) is 2.67. The van der Waals surface area contributed by atoms with E-state index in [9.17, 15) is 9.59 Å². The summed E-state index contributed by atoms with van der Waals surface area (Å²) in [5, 5.41) is 18.3. The van der Waals surface area contributed by atoms with E-state index in [1.165, 1.54) is 0 Å². The average molecular weight is 268 g/mol. The Labute approximate surface area is 112 Å². The number of aryl methyl sites for hydroxylation is 2. The minimum absolute atomic E-state index is 0.428. The molecule has 2 amide bonds. The van der Waals surface area contributed by atoms with Crippen LogP contribution in [0.4, 0.5) is 10.5 Å². The minimum Gasteiger partial charge on any atom is -0.481 e. The molecule has 0 aliphatic carbocycles. The molecular formula is C12H20N4O3. The van der Waals surface area contributed by atoms with Crippen LogP contribution in [0.5, 0.6) is 0 Å². The molecule has 2 unspecified atom stereocenters. The highest BCUT2D eigenvalue weighted by atomic mass is 16.4. The van der Waals surface area contributed by atoms with Crippen molar-refractivity contribution in [1.29, 1.82) is 0 Å². The van der Waals surface area contributed by atoms with E-state index < -0.39 is 24.0 Å². The number of nitrogens with one attached hydrogen (secondary N) is 2. The van der Waals surface area contributed by atoms with Gasteiger partial charge in [0, 0.05) is 19.3 Å². The predicted octanol–water partition coefficient (Wildman–Crippen LogP) is 1.21. The summed E-state index contributed by atoms with van der Waals surface area (Å²) in [5.41, 5.74) is 1.43. The molecule has 0 saturated carbocycles. The molecule has 0 aliphatic heterocycles. The van der Waals surface area contributed by atoms with Gasteiger partial charge in [0.25, 0.3) is 0 Å². The van der Waals surface area contributed by atoms with Gasteiger partial charge in [0.05, 0.1) is 17.3 Å². The first-order valence-electron chi connectivity index (χ1n) is 6.18. The van der Waals surface area contributed by atoms with Gasteiger partial charge in [-0.25, -0.2) is 4.79 Å². The number of carboxylic acids is 1. The first-order chi connectivity index (χ1) is 8.85. The second-order valence-electron chi connectivity index (χ2n) is 4.53. The Kier molecular flexibility index (Phi) is 4.91. The maximum Gasteiger partial charge on any atom is 0.319 e. The van der Waals surface area contributed by atoms with Crippen molar-refractivity contribution in [2.45, 2.75) is 33.2 Å². The highest BCUT2D eigenvalue weighted by Crippen LogP contribution is 2.13. The molecule has 7 nitrogen and oxygen atoms in total. The van der Waals surface area contributed by atoms with Gasteiger partial charge >= 0.3 is 12.0 Å². The number of hydrogen-bond acceptors (Lipinski definition) is 3. The van der Waals surface area contributed by atoms with Crippen molar-refractivity contribution in [2.24, 2.45) is 13.0 Å². The van der Waals surface area contributed by atoms with Crippen molar-refractivity contribution in [3.05, 3.63) is 11.9 Å². The van der Waals surface area contributed by atoms with Gasteiger partial charge in [-0.3, -0.25) is 9.48 Å². The third kappa shape index (κ3) is 3.97. The lowest BCUT2D eigenvalue weighted by atomic mass is 10.0. The number of urea groups is 1. The highest BCUT2D eigenvalue weighted by molar-refractivity contribution is 5.90. The Balaban J connectivity index is 2.62. The summed E-state index contributed by atoms with van der Waals surface area (Å²) in [6.45, 7) is 5.15. The Morgan fingerprint density at radius 2 is 2.11 bits per heavy atom. The van der Waals surface area contributed by atoms with Gasteiger partial charge in [0.15, 0.2) is 0 Å². The number of aliphatic carboxylic acids is 1. The standard InChI is InChI=1S/C12H20N4O3/c1-5-9-10(6-16(4)15-9)14-12(19)13-8(3)7(2)11(17)18/h6-8H,5H2,1-4H3,(H,17,18)(H2,13,14,19). The molecule has 3 N–H and O–H groups in total. The Bertz CT molecular complexity index is 470. The summed E-state index contributed by atoms with van der Waals surface area (Å²) < 4.78 is 1.62. The fraction of sp³-hybridized carbons (Fsp3) is 0.583. The molecule has 106 valence electrons. The molecule has 2 atom stereocenters. The third-order valence-electron chi connectivity index (χ3n) is 2.99. The first-order valence-corrected chi connectivity index (χ1v) is 6.18. The molecule has 1 heterocycles. The van der Waals surface area contributed by atoms with Crippen LogP contribution in [0.3, 0.4) is 0 Å². The summed E-state index contributed by atoms with van der Waals surface area (Å²) in [6, 6.07) is -0.887. The zero-order valence-electron chi connectivity index (χ0n) is 11.6. The second-order valence-corrected chi connectivity index (χ2v) is 4.53. The van der Waals surface area contributed by atoms with Gasteiger partial charge in [-0.1, -0.05) is 6.92 Å². The molecule has 1 aromatic rings. The summed E-state index contributed by atoms with van der Waals surface area (Å²) in [4.78, 5) is 22.6. The van der Waals surface area contributed by atoms with E-state index in [1.807, 2.05) is 6.92 Å². The van der Waals surface area contributed by atoms with Gasteiger partial charge in [0.2, 0.25) is 0 Å². The van der Waals surface area contributed by atoms with Crippen LogP contribution in [0.25, 0.3) is 0 Å². The Hall–Kier alpha value is -2.05. The normalized spacial score (nSPS) is 13.7. The van der Waals surface area contributed by atoms with Gasteiger partial charge < -0.3 is 15.7 Å². The van der Waals surface area contributed by atoms with Gasteiger partial charge in [-0.15, -0.1) is 0 Å². The van der Waals surface area contributed by atoms with Crippen LogP contribution in [0, 0.1) is 5.92 Å². The monoisotopic (exact) mass is 268 g/mol. The maximum absolute atomic E-state index is 11.8. The lowest BCUT2D eigenvalue weighted by molar-refractivity contribution is -0.141. The van der Waals surface area contributed by atoms with Crippen molar-refractivity contribution in [3.63, 3.8) is 0 Å². The zero-order valence-corrected chi connectivity index (χ0v) is 11.6. The van der Waals surface area contributed by atoms with E-state index in [-0.39, 0.29) is 0 Å². The molecule has 0 saturated heterocycles. The number of rotatable bonds is 5. The number of amides is 2. The molecular weight excluding hydrogens is 248 g/mol. The maximum atomic E-state index is 11.8. The smallest absolute Gasteiger partial charge is 0.319 e. The van der Waals surface area contributed by atoms with E-state index in [2.05, 4.69) is 15.7 Å². The lowest BCUT2D eigenvalue weighted by Crippen LogP contribution is -2.42. The van der Waals surface area contributed by atoms with E-state index in [0.29, 0.717) is 12.1 Å². The summed E-state index contributed by atoms with van der Waals surface area (Å²) in [7, 11) is 1.78. The molecule has 0 spiro atoms.